The van der Waals surface area contributed by atoms with Gasteiger partial charge in [-0.25, -0.2) is 0 Å². The van der Waals surface area contributed by atoms with Crippen LogP contribution in [-0.4, -0.2) is 23.2 Å². The molecule has 7 heteroatoms. The van der Waals surface area contributed by atoms with Crippen LogP contribution >= 0.6 is 0 Å². The minimum absolute atomic E-state index is 0.0854. The maximum absolute atomic E-state index is 12.6. The number of esters is 1. The second-order valence-electron chi connectivity index (χ2n) is 6.48. The van der Waals surface area contributed by atoms with E-state index in [1.807, 2.05) is 0 Å². The Morgan fingerprint density at radius 2 is 1.80 bits per heavy atom. The van der Waals surface area contributed by atoms with E-state index >= 15 is 0 Å². The first-order chi connectivity index (χ1) is 11.8. The zero-order valence-corrected chi connectivity index (χ0v) is 13.7. The molecule has 0 radical (unpaired) electrons. The summed E-state index contributed by atoms with van der Waals surface area (Å²) in [5, 5.41) is 9.39. The maximum Gasteiger partial charge on any atom is 0.389 e. The highest BCUT2D eigenvalue weighted by atomic mass is 19.4. The predicted molar refractivity (Wildman–Crippen MR) is 83.5 cm³/mol. The molecule has 0 bridgehead atoms. The lowest BCUT2D eigenvalue weighted by molar-refractivity contribution is -0.164. The number of benzene rings is 1. The molecule has 0 spiro atoms. The Morgan fingerprint density at radius 1 is 1.16 bits per heavy atom. The second kappa shape index (κ2) is 8.36. The summed E-state index contributed by atoms with van der Waals surface area (Å²) in [6.45, 7) is -0.0854. The first-order valence-corrected chi connectivity index (χ1v) is 8.26. The van der Waals surface area contributed by atoms with Crippen molar-refractivity contribution < 1.29 is 32.6 Å². The third-order valence-corrected chi connectivity index (χ3v) is 4.35. The van der Waals surface area contributed by atoms with Gasteiger partial charge in [-0.3, -0.25) is 9.59 Å². The van der Waals surface area contributed by atoms with Crippen LogP contribution in [0.1, 0.15) is 37.7 Å². The Hall–Kier alpha value is -2.05. The number of hydrogen-bond donors (Lipinski definition) is 1. The number of aliphatic carboxylic acids is 1. The van der Waals surface area contributed by atoms with Crippen molar-refractivity contribution in [3.05, 3.63) is 35.9 Å². The Bertz CT molecular complexity index is 582. The first-order valence-electron chi connectivity index (χ1n) is 8.26. The molecule has 4 nitrogen and oxygen atoms in total. The molecule has 0 saturated heterocycles. The van der Waals surface area contributed by atoms with Gasteiger partial charge in [-0.1, -0.05) is 43.2 Å². The molecule has 0 aliphatic heterocycles. The molecule has 1 saturated carbocycles. The van der Waals surface area contributed by atoms with Gasteiger partial charge in [0.1, 0.15) is 6.61 Å². The average molecular weight is 358 g/mol. The summed E-state index contributed by atoms with van der Waals surface area (Å²) in [4.78, 5) is 23.8. The van der Waals surface area contributed by atoms with Crippen LogP contribution in [0.2, 0.25) is 0 Å². The summed E-state index contributed by atoms with van der Waals surface area (Å²) in [6, 6.07) is 8.72. The van der Waals surface area contributed by atoms with Crippen LogP contribution in [0.3, 0.4) is 0 Å². The predicted octanol–water partition coefficient (Wildman–Crippen LogP) is 4.19. The lowest BCUT2D eigenvalue weighted by Gasteiger charge is -2.23. The summed E-state index contributed by atoms with van der Waals surface area (Å²) in [5.41, 5.74) is 0.694. The largest absolute Gasteiger partial charge is 0.481 e. The van der Waals surface area contributed by atoms with Gasteiger partial charge >= 0.3 is 18.1 Å². The van der Waals surface area contributed by atoms with Crippen LogP contribution in [0.25, 0.3) is 0 Å². The molecule has 1 aliphatic rings. The van der Waals surface area contributed by atoms with Gasteiger partial charge in [0.05, 0.1) is 11.8 Å². The molecule has 1 aromatic carbocycles. The number of alkyl halides is 3. The fourth-order valence-electron chi connectivity index (χ4n) is 2.79. The van der Waals surface area contributed by atoms with Crippen molar-refractivity contribution in [2.24, 2.45) is 17.8 Å². The van der Waals surface area contributed by atoms with E-state index in [2.05, 4.69) is 0 Å². The molecule has 2 atom stereocenters. The third kappa shape index (κ3) is 6.76. The average Bonchev–Trinajstić information content (AvgIpc) is 3.36. The summed E-state index contributed by atoms with van der Waals surface area (Å²) in [6.07, 6.45) is -4.28. The summed E-state index contributed by atoms with van der Waals surface area (Å²) < 4.78 is 42.8. The van der Waals surface area contributed by atoms with Crippen LogP contribution in [0.5, 0.6) is 0 Å². The molecule has 138 valence electrons. The van der Waals surface area contributed by atoms with E-state index in [0.29, 0.717) is 5.56 Å². The Kier molecular flexibility index (Phi) is 6.45. The highest BCUT2D eigenvalue weighted by molar-refractivity contribution is 5.81. The number of carboxylic acids is 1. The number of carbonyl (C=O) groups is 2. The minimum Gasteiger partial charge on any atom is -0.481 e. The van der Waals surface area contributed by atoms with E-state index < -0.39 is 42.8 Å². The molecule has 1 aromatic rings. The lowest BCUT2D eigenvalue weighted by Crippen LogP contribution is -2.33. The Morgan fingerprint density at radius 3 is 2.32 bits per heavy atom. The van der Waals surface area contributed by atoms with E-state index in [9.17, 15) is 27.9 Å². The fourth-order valence-corrected chi connectivity index (χ4v) is 2.79. The summed E-state index contributed by atoms with van der Waals surface area (Å²) in [5.74, 6) is -4.37. The van der Waals surface area contributed by atoms with Gasteiger partial charge in [0, 0.05) is 6.42 Å². The van der Waals surface area contributed by atoms with Crippen molar-refractivity contribution >= 4 is 11.9 Å². The molecule has 1 aliphatic carbocycles. The summed E-state index contributed by atoms with van der Waals surface area (Å²) >= 11 is 0. The van der Waals surface area contributed by atoms with Crippen molar-refractivity contribution in [2.75, 3.05) is 0 Å². The van der Waals surface area contributed by atoms with Gasteiger partial charge in [-0.05, 0) is 24.3 Å². The molecule has 0 aromatic heterocycles. The molecule has 25 heavy (non-hydrogen) atoms. The van der Waals surface area contributed by atoms with E-state index in [0.717, 1.165) is 12.8 Å². The van der Waals surface area contributed by atoms with Crippen molar-refractivity contribution in [1.29, 1.82) is 0 Å². The topological polar surface area (TPSA) is 63.6 Å². The number of ether oxygens (including phenoxy) is 1. The zero-order valence-electron chi connectivity index (χ0n) is 13.7. The summed E-state index contributed by atoms with van der Waals surface area (Å²) in [7, 11) is 0. The van der Waals surface area contributed by atoms with Crippen molar-refractivity contribution in [3.63, 3.8) is 0 Å². The molecule has 0 heterocycles. The molecule has 0 unspecified atom stereocenters. The minimum atomic E-state index is -4.44. The van der Waals surface area contributed by atoms with Crippen molar-refractivity contribution in [1.82, 2.24) is 0 Å². The molecule has 1 N–H and O–H groups in total. The van der Waals surface area contributed by atoms with Crippen molar-refractivity contribution in [2.45, 2.75) is 44.9 Å². The standard InChI is InChI=1S/C18H21F3O4/c19-18(20,21)9-8-14(15(16(22)23)10-12-6-7-12)17(24)25-11-13-4-2-1-3-5-13/h1-5,12,14-15H,6-11H2,(H,22,23)/t14-,15+/m1/s1. The Balaban J connectivity index is 2.05. The molecule has 0 amide bonds. The normalized spacial score (nSPS) is 16.9. The SMILES string of the molecule is O=C(O)[C@@H](CC1CC1)[C@@H](CCC(F)(F)F)C(=O)OCc1ccccc1. The fraction of sp³-hybridized carbons (Fsp3) is 0.556. The first kappa shape index (κ1) is 19.3. The third-order valence-electron chi connectivity index (χ3n) is 4.35. The number of hydrogen-bond acceptors (Lipinski definition) is 3. The second-order valence-corrected chi connectivity index (χ2v) is 6.48. The molecular weight excluding hydrogens is 337 g/mol. The van der Waals surface area contributed by atoms with Gasteiger partial charge in [0.2, 0.25) is 0 Å². The highest BCUT2D eigenvalue weighted by Gasteiger charge is 2.41. The molecule has 2 rings (SSSR count). The van der Waals surface area contributed by atoms with Crippen LogP contribution < -0.4 is 0 Å². The van der Waals surface area contributed by atoms with Gasteiger partial charge in [0.25, 0.3) is 0 Å². The maximum atomic E-state index is 12.6. The van der Waals surface area contributed by atoms with Crippen LogP contribution in [-0.2, 0) is 20.9 Å². The smallest absolute Gasteiger partial charge is 0.389 e. The highest BCUT2D eigenvalue weighted by Crippen LogP contribution is 2.39. The van der Waals surface area contributed by atoms with Gasteiger partial charge < -0.3 is 9.84 Å². The van der Waals surface area contributed by atoms with E-state index in [4.69, 9.17) is 4.74 Å². The number of carbonyl (C=O) groups excluding carboxylic acids is 1. The number of carboxylic acid groups (broad SMARTS) is 1. The number of halogens is 3. The van der Waals surface area contributed by atoms with Crippen LogP contribution in [0.15, 0.2) is 30.3 Å². The Labute approximate surface area is 144 Å². The monoisotopic (exact) mass is 358 g/mol. The van der Waals surface area contributed by atoms with Gasteiger partial charge in [0.15, 0.2) is 0 Å². The molecular formula is C18H21F3O4. The van der Waals surface area contributed by atoms with Crippen LogP contribution in [0, 0.1) is 17.8 Å². The lowest BCUT2D eigenvalue weighted by atomic mass is 9.84. The molecule has 1 fully saturated rings. The van der Waals surface area contributed by atoms with E-state index in [1.54, 1.807) is 30.3 Å². The van der Waals surface area contributed by atoms with Crippen molar-refractivity contribution in [3.8, 4) is 0 Å². The van der Waals surface area contributed by atoms with E-state index in [1.165, 1.54) is 0 Å². The van der Waals surface area contributed by atoms with E-state index in [-0.39, 0.29) is 18.9 Å². The van der Waals surface area contributed by atoms with Crippen LogP contribution in [0.4, 0.5) is 13.2 Å². The van der Waals surface area contributed by atoms with Gasteiger partial charge in [-0.2, -0.15) is 13.2 Å². The number of rotatable bonds is 9. The van der Waals surface area contributed by atoms with Gasteiger partial charge in [-0.15, -0.1) is 0 Å². The quantitative estimate of drug-likeness (QED) is 0.673. The zero-order chi connectivity index (χ0) is 18.4.